The van der Waals surface area contributed by atoms with Gasteiger partial charge in [0.15, 0.2) is 0 Å². The molecule has 2 fully saturated rings. The second-order valence-corrected chi connectivity index (χ2v) is 8.07. The molecule has 2 heterocycles. The summed E-state index contributed by atoms with van der Waals surface area (Å²) >= 11 is 0. The minimum atomic E-state index is 0.129. The van der Waals surface area contributed by atoms with Crippen LogP contribution in [-0.4, -0.2) is 33.9 Å². The topological polar surface area (TPSA) is 46.1 Å². The molecule has 1 saturated carbocycles. The molecule has 1 aromatic rings. The molecule has 3 rings (SSSR count). The van der Waals surface area contributed by atoms with Crippen molar-refractivity contribution in [2.24, 2.45) is 16.7 Å². The Balaban J connectivity index is 1.64. The van der Waals surface area contributed by atoms with E-state index in [2.05, 4.69) is 49.5 Å². The molecule has 0 N–H and O–H groups in total. The largest absolute Gasteiger partial charge is 0.342 e. The van der Waals surface area contributed by atoms with Crippen LogP contribution in [0.5, 0.6) is 0 Å². The Labute approximate surface area is 133 Å². The van der Waals surface area contributed by atoms with Gasteiger partial charge in [-0.05, 0) is 36.2 Å². The van der Waals surface area contributed by atoms with Crippen molar-refractivity contribution in [1.29, 1.82) is 0 Å². The van der Waals surface area contributed by atoms with Gasteiger partial charge in [0.2, 0.25) is 5.91 Å². The van der Waals surface area contributed by atoms with Crippen molar-refractivity contribution in [3.63, 3.8) is 0 Å². The summed E-state index contributed by atoms with van der Waals surface area (Å²) in [5.41, 5.74) is 2.58. The third-order valence-electron chi connectivity index (χ3n) is 6.40. The highest BCUT2D eigenvalue weighted by atomic mass is 16.2. The van der Waals surface area contributed by atoms with Gasteiger partial charge in [0, 0.05) is 36.8 Å². The number of aromatic nitrogens is 2. The van der Waals surface area contributed by atoms with E-state index in [-0.39, 0.29) is 16.7 Å². The highest BCUT2D eigenvalue weighted by molar-refractivity contribution is 5.84. The smallest absolute Gasteiger partial charge is 0.226 e. The molecule has 0 bridgehead atoms. The number of hydrogen-bond acceptors (Lipinski definition) is 3. The summed E-state index contributed by atoms with van der Waals surface area (Å²) < 4.78 is 0. The molecule has 120 valence electrons. The Bertz CT molecular complexity index is 572. The Morgan fingerprint density at radius 2 is 1.77 bits per heavy atom. The van der Waals surface area contributed by atoms with E-state index < -0.39 is 0 Å². The lowest BCUT2D eigenvalue weighted by Gasteiger charge is -2.32. The third-order valence-corrected chi connectivity index (χ3v) is 6.40. The minimum absolute atomic E-state index is 0.129. The first kappa shape index (κ1) is 15.4. The molecule has 0 unspecified atom stereocenters. The molecule has 0 radical (unpaired) electrons. The number of aryl methyl sites for hydroxylation is 1. The highest BCUT2D eigenvalue weighted by Crippen LogP contribution is 2.68. The standard InChI is InChI=1S/C18H27N3O/c1-12-10-19-11-20-14(12)13-6-8-21(9-7-13)16(22)15-17(2,3)18(15,4)5/h10-11,13,15H,6-9H2,1-5H3. The van der Waals surface area contributed by atoms with E-state index in [1.165, 1.54) is 0 Å². The van der Waals surface area contributed by atoms with E-state index in [1.54, 1.807) is 6.33 Å². The van der Waals surface area contributed by atoms with Crippen LogP contribution in [-0.2, 0) is 4.79 Å². The van der Waals surface area contributed by atoms with Crippen LogP contribution in [0.15, 0.2) is 12.5 Å². The lowest BCUT2D eigenvalue weighted by Crippen LogP contribution is -2.40. The van der Waals surface area contributed by atoms with Gasteiger partial charge in [-0.25, -0.2) is 9.97 Å². The van der Waals surface area contributed by atoms with E-state index in [0.717, 1.165) is 37.2 Å². The maximum absolute atomic E-state index is 12.8. The van der Waals surface area contributed by atoms with Gasteiger partial charge < -0.3 is 4.90 Å². The fraction of sp³-hybridized carbons (Fsp3) is 0.722. The van der Waals surface area contributed by atoms with Gasteiger partial charge >= 0.3 is 0 Å². The van der Waals surface area contributed by atoms with Gasteiger partial charge in [-0.1, -0.05) is 27.7 Å². The van der Waals surface area contributed by atoms with Crippen LogP contribution in [0.25, 0.3) is 0 Å². The SMILES string of the molecule is Cc1cncnc1C1CCN(C(=O)C2C(C)(C)C2(C)C)CC1. The third kappa shape index (κ3) is 2.24. The molecule has 2 aliphatic rings. The van der Waals surface area contributed by atoms with Crippen molar-refractivity contribution in [2.45, 2.75) is 53.4 Å². The van der Waals surface area contributed by atoms with E-state index in [0.29, 0.717) is 11.8 Å². The van der Waals surface area contributed by atoms with Gasteiger partial charge in [-0.15, -0.1) is 0 Å². The lowest BCUT2D eigenvalue weighted by molar-refractivity contribution is -0.134. The Morgan fingerprint density at radius 3 is 2.27 bits per heavy atom. The first-order valence-corrected chi connectivity index (χ1v) is 8.32. The number of carbonyl (C=O) groups is 1. The second kappa shape index (κ2) is 5.04. The van der Waals surface area contributed by atoms with Gasteiger partial charge in [-0.2, -0.15) is 0 Å². The molecule has 1 aliphatic heterocycles. The van der Waals surface area contributed by atoms with E-state index in [4.69, 9.17) is 0 Å². The number of piperidine rings is 1. The van der Waals surface area contributed by atoms with Crippen LogP contribution >= 0.6 is 0 Å². The van der Waals surface area contributed by atoms with Gasteiger partial charge in [-0.3, -0.25) is 4.79 Å². The van der Waals surface area contributed by atoms with Crippen LogP contribution in [0.4, 0.5) is 0 Å². The average Bonchev–Trinajstić information content (AvgIpc) is 2.89. The Hall–Kier alpha value is -1.45. The maximum Gasteiger partial charge on any atom is 0.226 e. The summed E-state index contributed by atoms with van der Waals surface area (Å²) in [4.78, 5) is 23.4. The van der Waals surface area contributed by atoms with Crippen molar-refractivity contribution in [2.75, 3.05) is 13.1 Å². The predicted molar refractivity (Wildman–Crippen MR) is 86.4 cm³/mol. The minimum Gasteiger partial charge on any atom is -0.342 e. The molecular formula is C18H27N3O. The van der Waals surface area contributed by atoms with Crippen LogP contribution in [0.1, 0.15) is 57.7 Å². The highest BCUT2D eigenvalue weighted by Gasteiger charge is 2.68. The van der Waals surface area contributed by atoms with Gasteiger partial charge in [0.25, 0.3) is 0 Å². The second-order valence-electron chi connectivity index (χ2n) is 8.07. The fourth-order valence-electron chi connectivity index (χ4n) is 4.21. The molecule has 1 saturated heterocycles. The molecule has 1 aromatic heterocycles. The monoisotopic (exact) mass is 301 g/mol. The van der Waals surface area contributed by atoms with Crippen molar-refractivity contribution < 1.29 is 4.79 Å². The molecule has 0 aromatic carbocycles. The Morgan fingerprint density at radius 1 is 1.18 bits per heavy atom. The van der Waals surface area contributed by atoms with Crippen LogP contribution < -0.4 is 0 Å². The number of nitrogens with zero attached hydrogens (tertiary/aromatic N) is 3. The first-order chi connectivity index (χ1) is 10.3. The van der Waals surface area contributed by atoms with Crippen molar-refractivity contribution >= 4 is 5.91 Å². The first-order valence-electron chi connectivity index (χ1n) is 8.32. The van der Waals surface area contributed by atoms with Gasteiger partial charge in [0.05, 0.1) is 0 Å². The van der Waals surface area contributed by atoms with Crippen molar-refractivity contribution in [1.82, 2.24) is 14.9 Å². The summed E-state index contributed by atoms with van der Waals surface area (Å²) in [6.07, 6.45) is 5.54. The maximum atomic E-state index is 12.8. The van der Waals surface area contributed by atoms with Crippen LogP contribution in [0, 0.1) is 23.7 Å². The molecule has 1 amide bonds. The zero-order chi connectivity index (χ0) is 16.1. The summed E-state index contributed by atoms with van der Waals surface area (Å²) in [6.45, 7) is 12.6. The molecule has 4 heteroatoms. The van der Waals surface area contributed by atoms with Crippen molar-refractivity contribution in [3.8, 4) is 0 Å². The van der Waals surface area contributed by atoms with E-state index in [1.807, 2.05) is 6.20 Å². The number of amides is 1. The molecule has 0 spiro atoms. The van der Waals surface area contributed by atoms with Crippen molar-refractivity contribution in [3.05, 3.63) is 23.8 Å². The molecular weight excluding hydrogens is 274 g/mol. The van der Waals surface area contributed by atoms with Gasteiger partial charge in [0.1, 0.15) is 6.33 Å². The number of likely N-dealkylation sites (tertiary alicyclic amines) is 1. The quantitative estimate of drug-likeness (QED) is 0.843. The molecule has 22 heavy (non-hydrogen) atoms. The summed E-state index contributed by atoms with van der Waals surface area (Å²) in [6, 6.07) is 0. The van der Waals surface area contributed by atoms with Crippen LogP contribution in [0.2, 0.25) is 0 Å². The predicted octanol–water partition coefficient (Wildman–Crippen LogP) is 3.17. The van der Waals surface area contributed by atoms with E-state index in [9.17, 15) is 4.79 Å². The average molecular weight is 301 g/mol. The number of hydrogen-bond donors (Lipinski definition) is 0. The zero-order valence-electron chi connectivity index (χ0n) is 14.4. The lowest BCUT2D eigenvalue weighted by atomic mass is 9.91. The zero-order valence-corrected chi connectivity index (χ0v) is 14.4. The summed E-state index contributed by atoms with van der Waals surface area (Å²) in [7, 11) is 0. The molecule has 4 nitrogen and oxygen atoms in total. The summed E-state index contributed by atoms with van der Waals surface area (Å²) in [5, 5.41) is 0. The Kier molecular flexibility index (Phi) is 3.54. The fourth-order valence-corrected chi connectivity index (χ4v) is 4.21. The summed E-state index contributed by atoms with van der Waals surface area (Å²) in [5.74, 6) is 0.998. The molecule has 0 atom stereocenters. The van der Waals surface area contributed by atoms with E-state index >= 15 is 0 Å². The number of carbonyl (C=O) groups excluding carboxylic acids is 1. The van der Waals surface area contributed by atoms with Crippen LogP contribution in [0.3, 0.4) is 0 Å². The molecule has 1 aliphatic carbocycles. The normalized spacial score (nSPS) is 24.3. The number of rotatable bonds is 2.